The van der Waals surface area contributed by atoms with Crippen molar-refractivity contribution in [3.05, 3.63) is 71.4 Å². The number of thioether (sulfide) groups is 1. The summed E-state index contributed by atoms with van der Waals surface area (Å²) in [4.78, 5) is 26.9. The molecule has 2 amide bonds. The standard InChI is InChI=1S/C20H18N2O2S/c1-12(13-7-3-2-4-8-13)18-14-9-5-6-10-15(14)21-16(18)11-17-19(23)22-20(24)25-17/h2-10,12,17,21H,11H2,1H3,(H,22,23,24). The number of para-hydroxylation sites is 1. The quantitative estimate of drug-likeness (QED) is 0.741. The van der Waals surface area contributed by atoms with Crippen LogP contribution in [-0.2, 0) is 11.2 Å². The summed E-state index contributed by atoms with van der Waals surface area (Å²) in [5.41, 5.74) is 4.52. The average molecular weight is 350 g/mol. The molecule has 0 spiro atoms. The largest absolute Gasteiger partial charge is 0.358 e. The van der Waals surface area contributed by atoms with Gasteiger partial charge in [-0.05, 0) is 17.2 Å². The second-order valence-corrected chi connectivity index (χ2v) is 7.46. The fraction of sp³-hybridized carbons (Fsp3) is 0.200. The molecule has 0 aliphatic carbocycles. The maximum absolute atomic E-state index is 12.0. The molecule has 4 nitrogen and oxygen atoms in total. The maximum atomic E-state index is 12.0. The van der Waals surface area contributed by atoms with Crippen molar-refractivity contribution in [2.24, 2.45) is 0 Å². The lowest BCUT2D eigenvalue weighted by Gasteiger charge is -2.15. The zero-order valence-corrected chi connectivity index (χ0v) is 14.6. The zero-order chi connectivity index (χ0) is 17.4. The van der Waals surface area contributed by atoms with Crippen molar-refractivity contribution < 1.29 is 9.59 Å². The van der Waals surface area contributed by atoms with Gasteiger partial charge >= 0.3 is 0 Å². The third-order valence-electron chi connectivity index (χ3n) is 4.72. The third kappa shape index (κ3) is 2.96. The van der Waals surface area contributed by atoms with Crippen LogP contribution in [-0.4, -0.2) is 21.4 Å². The Bertz CT molecular complexity index is 949. The van der Waals surface area contributed by atoms with Crippen LogP contribution in [0.25, 0.3) is 10.9 Å². The minimum absolute atomic E-state index is 0.192. The van der Waals surface area contributed by atoms with E-state index in [1.165, 1.54) is 16.5 Å². The highest BCUT2D eigenvalue weighted by molar-refractivity contribution is 8.15. The van der Waals surface area contributed by atoms with Crippen LogP contribution < -0.4 is 5.32 Å². The molecular weight excluding hydrogens is 332 g/mol. The molecule has 0 radical (unpaired) electrons. The number of rotatable bonds is 4. The van der Waals surface area contributed by atoms with Crippen molar-refractivity contribution >= 4 is 33.8 Å². The number of hydrogen-bond donors (Lipinski definition) is 2. The third-order valence-corrected chi connectivity index (χ3v) is 5.70. The highest BCUT2D eigenvalue weighted by Gasteiger charge is 2.33. The molecule has 0 bridgehead atoms. The summed E-state index contributed by atoms with van der Waals surface area (Å²) in [7, 11) is 0. The van der Waals surface area contributed by atoms with E-state index in [9.17, 15) is 9.59 Å². The Kier molecular flexibility index (Phi) is 4.09. The Morgan fingerprint density at radius 3 is 2.48 bits per heavy atom. The Morgan fingerprint density at radius 1 is 1.04 bits per heavy atom. The van der Waals surface area contributed by atoms with Crippen LogP contribution in [0, 0.1) is 0 Å². The van der Waals surface area contributed by atoms with Crippen molar-refractivity contribution in [1.82, 2.24) is 10.3 Å². The van der Waals surface area contributed by atoms with Crippen molar-refractivity contribution in [3.63, 3.8) is 0 Å². The summed E-state index contributed by atoms with van der Waals surface area (Å²) in [5, 5.41) is 2.91. The molecule has 2 heterocycles. The number of imide groups is 1. The number of amides is 2. The van der Waals surface area contributed by atoms with Gasteiger partial charge in [0.1, 0.15) is 0 Å². The fourth-order valence-corrected chi connectivity index (χ4v) is 4.33. The highest BCUT2D eigenvalue weighted by Crippen LogP contribution is 2.35. The first-order chi connectivity index (χ1) is 12.1. The lowest BCUT2D eigenvalue weighted by molar-refractivity contribution is -0.118. The minimum atomic E-state index is -0.373. The maximum Gasteiger partial charge on any atom is 0.286 e. The molecule has 25 heavy (non-hydrogen) atoms. The van der Waals surface area contributed by atoms with Gasteiger partial charge in [0.15, 0.2) is 0 Å². The second-order valence-electron chi connectivity index (χ2n) is 6.28. The highest BCUT2D eigenvalue weighted by atomic mass is 32.2. The van der Waals surface area contributed by atoms with Gasteiger partial charge in [0.25, 0.3) is 5.24 Å². The van der Waals surface area contributed by atoms with E-state index >= 15 is 0 Å². The fourth-order valence-electron chi connectivity index (χ4n) is 3.50. The predicted molar refractivity (Wildman–Crippen MR) is 101 cm³/mol. The van der Waals surface area contributed by atoms with Crippen LogP contribution in [0.5, 0.6) is 0 Å². The van der Waals surface area contributed by atoms with Gasteiger partial charge in [0.05, 0.1) is 5.25 Å². The monoisotopic (exact) mass is 350 g/mol. The number of benzene rings is 2. The molecule has 1 aliphatic heterocycles. The predicted octanol–water partition coefficient (Wildman–Crippen LogP) is 4.21. The first-order valence-corrected chi connectivity index (χ1v) is 9.17. The smallest absolute Gasteiger partial charge is 0.286 e. The second kappa shape index (κ2) is 6.41. The molecule has 2 N–H and O–H groups in total. The number of fused-ring (bicyclic) bond motifs is 1. The number of aromatic amines is 1. The van der Waals surface area contributed by atoms with Crippen LogP contribution in [0.3, 0.4) is 0 Å². The first-order valence-electron chi connectivity index (χ1n) is 8.29. The van der Waals surface area contributed by atoms with Gasteiger partial charge in [-0.1, -0.05) is 67.2 Å². The molecule has 1 aromatic heterocycles. The summed E-state index contributed by atoms with van der Waals surface area (Å²) < 4.78 is 0. The van der Waals surface area contributed by atoms with Gasteiger partial charge < -0.3 is 4.98 Å². The Hall–Kier alpha value is -2.53. The van der Waals surface area contributed by atoms with Crippen LogP contribution in [0.2, 0.25) is 0 Å². The zero-order valence-electron chi connectivity index (χ0n) is 13.8. The number of H-pyrrole nitrogens is 1. The summed E-state index contributed by atoms with van der Waals surface area (Å²) in [6.07, 6.45) is 0.517. The van der Waals surface area contributed by atoms with E-state index in [1.807, 2.05) is 36.4 Å². The van der Waals surface area contributed by atoms with Crippen LogP contribution in [0.15, 0.2) is 54.6 Å². The van der Waals surface area contributed by atoms with E-state index in [0.717, 1.165) is 23.0 Å². The Balaban J connectivity index is 1.78. The first kappa shape index (κ1) is 16.0. The minimum Gasteiger partial charge on any atom is -0.358 e. The number of carbonyl (C=O) groups excluding carboxylic acids is 2. The summed E-state index contributed by atoms with van der Waals surface area (Å²) in [6, 6.07) is 18.5. The van der Waals surface area contributed by atoms with Crippen molar-refractivity contribution in [1.29, 1.82) is 0 Å². The van der Waals surface area contributed by atoms with Crippen molar-refractivity contribution in [3.8, 4) is 0 Å². The van der Waals surface area contributed by atoms with E-state index in [4.69, 9.17) is 0 Å². The average Bonchev–Trinajstić information content (AvgIpc) is 3.14. The van der Waals surface area contributed by atoms with Gasteiger partial charge in [0.2, 0.25) is 5.91 Å². The van der Waals surface area contributed by atoms with Gasteiger partial charge in [-0.2, -0.15) is 0 Å². The van der Waals surface area contributed by atoms with Crippen LogP contribution >= 0.6 is 11.8 Å². The van der Waals surface area contributed by atoms with Gasteiger partial charge in [-0.15, -0.1) is 0 Å². The van der Waals surface area contributed by atoms with E-state index in [1.54, 1.807) is 0 Å². The summed E-state index contributed by atoms with van der Waals surface area (Å²) in [5.74, 6) is -0.00974. The molecule has 1 saturated heterocycles. The van der Waals surface area contributed by atoms with Crippen molar-refractivity contribution in [2.45, 2.75) is 24.5 Å². The normalized spacial score (nSPS) is 18.5. The van der Waals surface area contributed by atoms with Crippen LogP contribution in [0.4, 0.5) is 4.79 Å². The van der Waals surface area contributed by atoms with Crippen LogP contribution in [0.1, 0.15) is 29.7 Å². The van der Waals surface area contributed by atoms with E-state index in [0.29, 0.717) is 6.42 Å². The number of hydrogen-bond acceptors (Lipinski definition) is 3. The summed E-state index contributed by atoms with van der Waals surface area (Å²) in [6.45, 7) is 2.18. The molecule has 1 aliphatic rings. The lowest BCUT2D eigenvalue weighted by atomic mass is 9.90. The molecule has 3 aromatic rings. The van der Waals surface area contributed by atoms with E-state index in [-0.39, 0.29) is 22.3 Å². The number of carbonyl (C=O) groups is 2. The molecule has 2 aromatic carbocycles. The molecule has 5 heteroatoms. The molecule has 0 saturated carbocycles. The SMILES string of the molecule is CC(c1ccccc1)c1c(CC2SC(=O)NC2=O)[nH]c2ccccc12. The molecule has 126 valence electrons. The topological polar surface area (TPSA) is 62.0 Å². The molecule has 2 atom stereocenters. The molecule has 4 rings (SSSR count). The molecule has 2 unspecified atom stereocenters. The van der Waals surface area contributed by atoms with E-state index in [2.05, 4.69) is 35.4 Å². The van der Waals surface area contributed by atoms with Gasteiger partial charge in [-0.25, -0.2) is 0 Å². The lowest BCUT2D eigenvalue weighted by Crippen LogP contribution is -2.25. The molecule has 1 fully saturated rings. The molecular formula is C20H18N2O2S. The number of aromatic nitrogens is 1. The number of nitrogens with one attached hydrogen (secondary N) is 2. The van der Waals surface area contributed by atoms with Crippen molar-refractivity contribution in [2.75, 3.05) is 0 Å². The van der Waals surface area contributed by atoms with E-state index < -0.39 is 0 Å². The summed E-state index contributed by atoms with van der Waals surface area (Å²) >= 11 is 1.08. The van der Waals surface area contributed by atoms with Gasteiger partial charge in [-0.3, -0.25) is 14.9 Å². The Labute approximate surface area is 150 Å². The van der Waals surface area contributed by atoms with Gasteiger partial charge in [0, 0.05) is 28.9 Å². The Morgan fingerprint density at radius 2 is 1.76 bits per heavy atom.